The van der Waals surface area contributed by atoms with Crippen molar-refractivity contribution < 1.29 is 19.1 Å². The van der Waals surface area contributed by atoms with Gasteiger partial charge in [-0.3, -0.25) is 9.59 Å². The summed E-state index contributed by atoms with van der Waals surface area (Å²) in [6.45, 7) is 0.975. The maximum atomic E-state index is 13.6. The summed E-state index contributed by atoms with van der Waals surface area (Å²) in [5.41, 5.74) is 4.49. The van der Waals surface area contributed by atoms with E-state index >= 15 is 0 Å². The van der Waals surface area contributed by atoms with Gasteiger partial charge in [-0.25, -0.2) is 4.98 Å². The van der Waals surface area contributed by atoms with Crippen molar-refractivity contribution in [1.82, 2.24) is 9.88 Å². The number of anilines is 1. The predicted octanol–water partition coefficient (Wildman–Crippen LogP) is 6.65. The predicted molar refractivity (Wildman–Crippen MR) is 159 cm³/mol. The maximum Gasteiger partial charge on any atom is 0.275 e. The second kappa shape index (κ2) is 12.1. The molecule has 2 amide bonds. The molecule has 1 N–H and O–H groups in total. The molecule has 1 saturated carbocycles. The Kier molecular flexibility index (Phi) is 8.00. The van der Waals surface area contributed by atoms with Gasteiger partial charge < -0.3 is 19.7 Å². The third-order valence-corrected chi connectivity index (χ3v) is 8.77. The molecule has 7 nitrogen and oxygen atoms in total. The lowest BCUT2D eigenvalue weighted by Gasteiger charge is -2.39. The average molecular weight is 568 g/mol. The van der Waals surface area contributed by atoms with Crippen LogP contribution in [0.3, 0.4) is 0 Å². The van der Waals surface area contributed by atoms with Crippen LogP contribution in [0.4, 0.5) is 5.69 Å². The van der Waals surface area contributed by atoms with Crippen molar-refractivity contribution in [2.75, 3.05) is 19.0 Å². The van der Waals surface area contributed by atoms with Crippen molar-refractivity contribution in [3.63, 3.8) is 0 Å². The minimum absolute atomic E-state index is 0.128. The number of carbonyl (C=O) groups is 2. The molecule has 1 aliphatic carbocycles. The Balaban J connectivity index is 1.17. The van der Waals surface area contributed by atoms with Gasteiger partial charge >= 0.3 is 0 Å². The van der Waals surface area contributed by atoms with Crippen LogP contribution in [0, 0.1) is 5.92 Å². The van der Waals surface area contributed by atoms with Crippen LogP contribution in [0.5, 0.6) is 11.5 Å². The molecule has 0 radical (unpaired) electrons. The van der Waals surface area contributed by atoms with Crippen LogP contribution in [-0.4, -0.2) is 35.4 Å². The van der Waals surface area contributed by atoms with Crippen molar-refractivity contribution in [3.05, 3.63) is 106 Å². The summed E-state index contributed by atoms with van der Waals surface area (Å²) in [6, 6.07) is 23.5. The molecule has 1 aliphatic heterocycles. The Morgan fingerprint density at radius 3 is 2.51 bits per heavy atom. The molecule has 1 unspecified atom stereocenters. The number of benzene rings is 3. The highest BCUT2D eigenvalue weighted by atomic mass is 32.1. The molecule has 2 heterocycles. The molecule has 4 aromatic rings. The number of hydrogen-bond donors (Lipinski definition) is 1. The molecular weight excluding hydrogens is 534 g/mol. The van der Waals surface area contributed by atoms with Crippen molar-refractivity contribution in [2.45, 2.75) is 44.8 Å². The normalized spacial score (nSPS) is 16.7. The number of nitrogens with one attached hydrogen (secondary N) is 1. The van der Waals surface area contributed by atoms with Gasteiger partial charge in [-0.1, -0.05) is 49.2 Å². The van der Waals surface area contributed by atoms with E-state index in [1.807, 2.05) is 24.3 Å². The largest absolute Gasteiger partial charge is 0.497 e. The summed E-state index contributed by atoms with van der Waals surface area (Å²) in [4.78, 5) is 32.9. The fourth-order valence-electron chi connectivity index (χ4n) is 5.82. The second-order valence-corrected chi connectivity index (χ2v) is 11.5. The SMILES string of the molecule is COc1ccc(NC(=O)c2csc(COc3ccc4c(c3)C(c3ccccc3)N(C(=O)C3CCCC3)CC4)n2)cc1. The zero-order chi connectivity index (χ0) is 28.2. The van der Waals surface area contributed by atoms with Gasteiger partial charge in [-0.05, 0) is 72.4 Å². The molecule has 1 atom stereocenters. The van der Waals surface area contributed by atoms with E-state index in [1.54, 1.807) is 36.8 Å². The van der Waals surface area contributed by atoms with Crippen LogP contribution < -0.4 is 14.8 Å². The standard InChI is InChI=1S/C33H33N3O4S/c1-39-26-15-12-25(13-16-26)34-32(37)29-21-41-30(35-29)20-40-27-14-11-22-17-18-36(33(38)24-9-5-6-10-24)31(28(22)19-27)23-7-3-2-4-8-23/h2-4,7-8,11-16,19,21,24,31H,5-6,9-10,17-18,20H2,1H3,(H,34,37). The molecule has 8 heteroatoms. The Hall–Kier alpha value is -4.17. The lowest BCUT2D eigenvalue weighted by Crippen LogP contribution is -2.43. The first-order valence-corrected chi connectivity index (χ1v) is 15.0. The number of fused-ring (bicyclic) bond motifs is 1. The van der Waals surface area contributed by atoms with Crippen molar-refractivity contribution in [1.29, 1.82) is 0 Å². The minimum Gasteiger partial charge on any atom is -0.497 e. The number of hydrogen-bond acceptors (Lipinski definition) is 6. The zero-order valence-electron chi connectivity index (χ0n) is 23.0. The molecule has 210 valence electrons. The Morgan fingerprint density at radius 2 is 1.76 bits per heavy atom. The van der Waals surface area contributed by atoms with Crippen molar-refractivity contribution >= 4 is 28.8 Å². The Labute approximate surface area is 244 Å². The van der Waals surface area contributed by atoms with Crippen LogP contribution >= 0.6 is 11.3 Å². The van der Waals surface area contributed by atoms with Crippen molar-refractivity contribution in [3.8, 4) is 11.5 Å². The van der Waals surface area contributed by atoms with Gasteiger partial charge in [-0.15, -0.1) is 11.3 Å². The Bertz CT molecular complexity index is 1510. The fraction of sp³-hybridized carbons (Fsp3) is 0.303. The number of ether oxygens (including phenoxy) is 2. The summed E-state index contributed by atoms with van der Waals surface area (Å²) >= 11 is 1.39. The third-order valence-electron chi connectivity index (χ3n) is 7.94. The van der Waals surface area contributed by atoms with Gasteiger partial charge in [0.2, 0.25) is 5.91 Å². The first kappa shape index (κ1) is 27.0. The van der Waals surface area contributed by atoms with Crippen LogP contribution in [0.2, 0.25) is 0 Å². The van der Waals surface area contributed by atoms with Crippen molar-refractivity contribution in [2.24, 2.45) is 5.92 Å². The van der Waals surface area contributed by atoms with E-state index in [0.717, 1.165) is 61.3 Å². The summed E-state index contributed by atoms with van der Waals surface area (Å²) in [7, 11) is 1.60. The van der Waals surface area contributed by atoms with Gasteiger partial charge in [0.1, 0.15) is 28.8 Å². The number of methoxy groups -OCH3 is 1. The van der Waals surface area contributed by atoms with E-state index in [0.29, 0.717) is 16.4 Å². The zero-order valence-corrected chi connectivity index (χ0v) is 23.9. The summed E-state index contributed by atoms with van der Waals surface area (Å²) in [5, 5.41) is 5.31. The monoisotopic (exact) mass is 567 g/mol. The number of amides is 2. The van der Waals surface area contributed by atoms with Crippen LogP contribution in [-0.2, 0) is 17.8 Å². The van der Waals surface area contributed by atoms with Gasteiger partial charge in [0.15, 0.2) is 0 Å². The lowest BCUT2D eigenvalue weighted by molar-refractivity contribution is -0.137. The van der Waals surface area contributed by atoms with E-state index in [1.165, 1.54) is 16.9 Å². The van der Waals surface area contributed by atoms with Gasteiger partial charge in [-0.2, -0.15) is 0 Å². The van der Waals surface area contributed by atoms with E-state index < -0.39 is 0 Å². The second-order valence-electron chi connectivity index (χ2n) is 10.5. The van der Waals surface area contributed by atoms with Crippen LogP contribution in [0.15, 0.2) is 78.2 Å². The van der Waals surface area contributed by atoms with E-state index in [4.69, 9.17) is 9.47 Å². The molecule has 0 saturated heterocycles. The van der Waals surface area contributed by atoms with Crippen LogP contribution in [0.25, 0.3) is 0 Å². The van der Waals surface area contributed by atoms with E-state index in [-0.39, 0.29) is 30.4 Å². The summed E-state index contributed by atoms with van der Waals surface area (Å²) in [5.74, 6) is 1.57. The third kappa shape index (κ3) is 5.98. The minimum atomic E-state index is -0.274. The Morgan fingerprint density at radius 1 is 1.00 bits per heavy atom. The molecule has 6 rings (SSSR count). The molecular formula is C33H33N3O4S. The molecule has 1 fully saturated rings. The molecule has 1 aromatic heterocycles. The van der Waals surface area contributed by atoms with Gasteiger partial charge in [0, 0.05) is 23.5 Å². The number of aromatic nitrogens is 1. The molecule has 0 spiro atoms. The quantitative estimate of drug-likeness (QED) is 0.258. The molecule has 41 heavy (non-hydrogen) atoms. The highest BCUT2D eigenvalue weighted by Crippen LogP contribution is 2.39. The van der Waals surface area contributed by atoms with E-state index in [2.05, 4.69) is 39.5 Å². The first-order chi connectivity index (χ1) is 20.1. The topological polar surface area (TPSA) is 80.8 Å². The van der Waals surface area contributed by atoms with Gasteiger partial charge in [0.05, 0.1) is 13.2 Å². The highest BCUT2D eigenvalue weighted by Gasteiger charge is 2.36. The molecule has 2 aliphatic rings. The van der Waals surface area contributed by atoms with Crippen LogP contribution in [0.1, 0.15) is 63.9 Å². The van der Waals surface area contributed by atoms with Gasteiger partial charge in [0.25, 0.3) is 5.91 Å². The van der Waals surface area contributed by atoms with E-state index in [9.17, 15) is 9.59 Å². The average Bonchev–Trinajstić information content (AvgIpc) is 3.73. The maximum absolute atomic E-state index is 13.6. The molecule has 3 aromatic carbocycles. The number of carbonyl (C=O) groups excluding carboxylic acids is 2. The smallest absolute Gasteiger partial charge is 0.275 e. The fourth-order valence-corrected chi connectivity index (χ4v) is 6.50. The number of thiazole rings is 1. The first-order valence-electron chi connectivity index (χ1n) is 14.1. The summed E-state index contributed by atoms with van der Waals surface area (Å²) in [6.07, 6.45) is 5.07. The lowest BCUT2D eigenvalue weighted by atomic mass is 9.87. The summed E-state index contributed by atoms with van der Waals surface area (Å²) < 4.78 is 11.3. The highest BCUT2D eigenvalue weighted by molar-refractivity contribution is 7.09. The number of rotatable bonds is 8. The number of nitrogens with zero attached hydrogens (tertiary/aromatic N) is 2. The molecule has 0 bridgehead atoms.